The van der Waals surface area contributed by atoms with Gasteiger partial charge in [0.1, 0.15) is 0 Å². The molecule has 1 aliphatic heterocycles. The van der Waals surface area contributed by atoms with Gasteiger partial charge in [-0.3, -0.25) is 4.79 Å². The van der Waals surface area contributed by atoms with Gasteiger partial charge < -0.3 is 10.6 Å². The first-order valence-corrected chi connectivity index (χ1v) is 7.33. The maximum atomic E-state index is 12.3. The molecule has 0 saturated heterocycles. The van der Waals surface area contributed by atoms with Crippen LogP contribution in [0.15, 0.2) is 40.9 Å². The summed E-state index contributed by atoms with van der Waals surface area (Å²) in [6.07, 6.45) is 0. The van der Waals surface area contributed by atoms with Crippen LogP contribution in [-0.2, 0) is 13.1 Å². The van der Waals surface area contributed by atoms with Gasteiger partial charge in [-0.05, 0) is 47.9 Å². The van der Waals surface area contributed by atoms with Crippen molar-refractivity contribution in [2.45, 2.75) is 20.0 Å². The zero-order chi connectivity index (χ0) is 14.1. The third-order valence-corrected chi connectivity index (χ3v) is 4.47. The third kappa shape index (κ3) is 2.49. The fraction of sp³-hybridized carbons (Fsp3) is 0.188. The van der Waals surface area contributed by atoms with Crippen molar-refractivity contribution in [2.24, 2.45) is 0 Å². The summed E-state index contributed by atoms with van der Waals surface area (Å²) < 4.78 is 0.994. The van der Waals surface area contributed by atoms with E-state index in [-0.39, 0.29) is 5.91 Å². The predicted molar refractivity (Wildman–Crippen MR) is 83.8 cm³/mol. The maximum Gasteiger partial charge on any atom is 0.255 e. The molecule has 0 bridgehead atoms. The van der Waals surface area contributed by atoms with E-state index < -0.39 is 0 Å². The second-order valence-electron chi connectivity index (χ2n) is 4.95. The number of hydrogen-bond acceptors (Lipinski definition) is 2. The Labute approximate surface area is 126 Å². The highest BCUT2D eigenvalue weighted by Crippen LogP contribution is 2.24. The average molecular weight is 331 g/mol. The molecule has 4 heteroatoms. The van der Waals surface area contributed by atoms with Crippen LogP contribution < -0.4 is 10.6 Å². The zero-order valence-corrected chi connectivity index (χ0v) is 12.8. The van der Waals surface area contributed by atoms with Crippen molar-refractivity contribution < 1.29 is 4.79 Å². The van der Waals surface area contributed by atoms with Crippen LogP contribution in [0, 0.1) is 6.92 Å². The molecule has 0 saturated carbocycles. The smallest absolute Gasteiger partial charge is 0.255 e. The summed E-state index contributed by atoms with van der Waals surface area (Å²) in [5, 5.41) is 6.25. The lowest BCUT2D eigenvalue weighted by molar-refractivity contribution is 0.102. The molecule has 0 aromatic heterocycles. The summed E-state index contributed by atoms with van der Waals surface area (Å²) in [5.74, 6) is -0.0686. The normalized spacial score (nSPS) is 13.1. The van der Waals surface area contributed by atoms with Gasteiger partial charge in [-0.25, -0.2) is 0 Å². The van der Waals surface area contributed by atoms with Crippen molar-refractivity contribution in [1.82, 2.24) is 5.32 Å². The Hall–Kier alpha value is -1.65. The Bertz CT molecular complexity index is 682. The van der Waals surface area contributed by atoms with E-state index in [1.54, 1.807) is 0 Å². The molecule has 0 atom stereocenters. The van der Waals surface area contributed by atoms with Gasteiger partial charge in [0.25, 0.3) is 5.91 Å². The lowest BCUT2D eigenvalue weighted by Gasteiger charge is -2.10. The van der Waals surface area contributed by atoms with Crippen molar-refractivity contribution in [2.75, 3.05) is 5.32 Å². The van der Waals surface area contributed by atoms with E-state index in [0.29, 0.717) is 5.56 Å². The van der Waals surface area contributed by atoms with Crippen molar-refractivity contribution in [1.29, 1.82) is 0 Å². The van der Waals surface area contributed by atoms with Crippen LogP contribution in [0.4, 0.5) is 5.69 Å². The second kappa shape index (κ2) is 5.38. The fourth-order valence-corrected chi connectivity index (χ4v) is 2.74. The van der Waals surface area contributed by atoms with Gasteiger partial charge in [-0.15, -0.1) is 0 Å². The van der Waals surface area contributed by atoms with Gasteiger partial charge in [0.15, 0.2) is 0 Å². The maximum absolute atomic E-state index is 12.3. The summed E-state index contributed by atoms with van der Waals surface area (Å²) in [6, 6.07) is 11.7. The van der Waals surface area contributed by atoms with Crippen LogP contribution in [0.2, 0.25) is 0 Å². The molecule has 3 nitrogen and oxygen atoms in total. The van der Waals surface area contributed by atoms with Gasteiger partial charge >= 0.3 is 0 Å². The minimum atomic E-state index is -0.0686. The lowest BCUT2D eigenvalue weighted by atomic mass is 10.1. The van der Waals surface area contributed by atoms with Crippen molar-refractivity contribution >= 4 is 27.5 Å². The van der Waals surface area contributed by atoms with Crippen LogP contribution in [0.25, 0.3) is 0 Å². The number of halogens is 1. The number of rotatable bonds is 2. The van der Waals surface area contributed by atoms with E-state index in [4.69, 9.17) is 0 Å². The molecule has 102 valence electrons. The summed E-state index contributed by atoms with van der Waals surface area (Å²) in [7, 11) is 0. The first-order valence-electron chi connectivity index (χ1n) is 6.54. The Kier molecular flexibility index (Phi) is 3.59. The molecule has 1 amide bonds. The average Bonchev–Trinajstić information content (AvgIpc) is 2.91. The Morgan fingerprint density at radius 1 is 1.20 bits per heavy atom. The number of benzene rings is 2. The Balaban J connectivity index is 1.84. The number of nitrogens with one attached hydrogen (secondary N) is 2. The number of carbonyl (C=O) groups excluding carboxylic acids is 1. The van der Waals surface area contributed by atoms with Crippen LogP contribution in [-0.4, -0.2) is 5.91 Å². The van der Waals surface area contributed by atoms with Crippen molar-refractivity contribution in [3.8, 4) is 0 Å². The van der Waals surface area contributed by atoms with E-state index in [2.05, 4.69) is 26.6 Å². The molecule has 0 unspecified atom stereocenters. The number of fused-ring (bicyclic) bond motifs is 1. The van der Waals surface area contributed by atoms with E-state index >= 15 is 0 Å². The summed E-state index contributed by atoms with van der Waals surface area (Å²) in [4.78, 5) is 12.3. The number of anilines is 1. The largest absolute Gasteiger partial charge is 0.322 e. The highest BCUT2D eigenvalue weighted by atomic mass is 79.9. The molecule has 2 aromatic rings. The fourth-order valence-electron chi connectivity index (χ4n) is 2.37. The summed E-state index contributed by atoms with van der Waals surface area (Å²) in [5.41, 5.74) is 5.06. The second-order valence-corrected chi connectivity index (χ2v) is 5.81. The van der Waals surface area contributed by atoms with Crippen LogP contribution in [0.1, 0.15) is 27.0 Å². The lowest BCUT2D eigenvalue weighted by Crippen LogP contribution is -2.13. The van der Waals surface area contributed by atoms with Crippen LogP contribution in [0.5, 0.6) is 0 Å². The van der Waals surface area contributed by atoms with Crippen LogP contribution in [0.3, 0.4) is 0 Å². The topological polar surface area (TPSA) is 41.1 Å². The van der Waals surface area contributed by atoms with E-state index in [1.807, 2.05) is 43.3 Å². The quantitative estimate of drug-likeness (QED) is 0.883. The summed E-state index contributed by atoms with van der Waals surface area (Å²) >= 11 is 3.47. The first-order chi connectivity index (χ1) is 9.65. The molecule has 1 heterocycles. The van der Waals surface area contributed by atoms with Crippen LogP contribution >= 0.6 is 15.9 Å². The first kappa shape index (κ1) is 13.3. The molecule has 3 rings (SSSR count). The van der Waals surface area contributed by atoms with Gasteiger partial charge in [0.2, 0.25) is 0 Å². The molecule has 0 fully saturated rings. The van der Waals surface area contributed by atoms with Gasteiger partial charge in [-0.1, -0.05) is 28.1 Å². The standard InChI is InChI=1S/C16H15BrN2O/c1-10-14(17)3-2-4-15(10)19-16(20)11-5-6-12-8-18-9-13(12)7-11/h2-7,18H,8-9H2,1H3,(H,19,20). The molecule has 0 radical (unpaired) electrons. The van der Waals surface area contributed by atoms with E-state index in [0.717, 1.165) is 28.8 Å². The number of amides is 1. The zero-order valence-electron chi connectivity index (χ0n) is 11.2. The highest BCUT2D eigenvalue weighted by molar-refractivity contribution is 9.10. The SMILES string of the molecule is Cc1c(Br)cccc1NC(=O)c1ccc2c(c1)CNC2. The van der Waals surface area contributed by atoms with Crippen molar-refractivity contribution in [3.63, 3.8) is 0 Å². The van der Waals surface area contributed by atoms with Gasteiger partial charge in [0.05, 0.1) is 0 Å². The Morgan fingerprint density at radius 3 is 2.85 bits per heavy atom. The van der Waals surface area contributed by atoms with Crippen molar-refractivity contribution in [3.05, 3.63) is 63.1 Å². The third-order valence-electron chi connectivity index (χ3n) is 3.62. The molecule has 1 aliphatic rings. The molecule has 0 spiro atoms. The number of hydrogen-bond donors (Lipinski definition) is 2. The number of carbonyl (C=O) groups is 1. The summed E-state index contributed by atoms with van der Waals surface area (Å²) in [6.45, 7) is 3.71. The van der Waals surface area contributed by atoms with E-state index in [1.165, 1.54) is 11.1 Å². The minimum absolute atomic E-state index is 0.0686. The van der Waals surface area contributed by atoms with Gasteiger partial charge in [0, 0.05) is 28.8 Å². The monoisotopic (exact) mass is 330 g/mol. The van der Waals surface area contributed by atoms with Gasteiger partial charge in [-0.2, -0.15) is 0 Å². The van der Waals surface area contributed by atoms with E-state index in [9.17, 15) is 4.79 Å². The Morgan fingerprint density at radius 2 is 2.00 bits per heavy atom. The molecule has 0 aliphatic carbocycles. The predicted octanol–water partition coefficient (Wildman–Crippen LogP) is 3.61. The molecule has 20 heavy (non-hydrogen) atoms. The highest BCUT2D eigenvalue weighted by Gasteiger charge is 2.14. The molecule has 2 N–H and O–H groups in total. The molecular weight excluding hydrogens is 316 g/mol. The minimum Gasteiger partial charge on any atom is -0.322 e. The molecular formula is C16H15BrN2O. The molecule has 2 aromatic carbocycles.